The molecule has 9 heteroatoms. The van der Waals surface area contributed by atoms with Gasteiger partial charge >= 0.3 is 0 Å². The van der Waals surface area contributed by atoms with Crippen LogP contribution < -0.4 is 10.1 Å². The molecule has 2 aromatic carbocycles. The highest BCUT2D eigenvalue weighted by Crippen LogP contribution is 2.21. The molecule has 0 aliphatic rings. The van der Waals surface area contributed by atoms with Gasteiger partial charge in [0.25, 0.3) is 0 Å². The molecule has 1 amide bonds. The monoisotopic (exact) mass is 476 g/mol. The van der Waals surface area contributed by atoms with Crippen LogP contribution in [0.4, 0.5) is 0 Å². The molecule has 2 heterocycles. The Morgan fingerprint density at radius 1 is 1.12 bits per heavy atom. The van der Waals surface area contributed by atoms with E-state index >= 15 is 0 Å². The Bertz CT molecular complexity index is 1320. The molecular weight excluding hydrogens is 448 g/mol. The zero-order valence-corrected chi connectivity index (χ0v) is 20.4. The zero-order valence-electron chi connectivity index (χ0n) is 19.5. The van der Waals surface area contributed by atoms with Crippen LogP contribution in [-0.2, 0) is 24.4 Å². The number of aromatic nitrogens is 5. The number of hydrogen-bond donors (Lipinski definition) is 2. The van der Waals surface area contributed by atoms with E-state index in [1.54, 1.807) is 4.57 Å². The number of H-pyrrole nitrogens is 1. The quantitative estimate of drug-likeness (QED) is 0.354. The van der Waals surface area contributed by atoms with Gasteiger partial charge in [-0.3, -0.25) is 19.1 Å². The fourth-order valence-electron chi connectivity index (χ4n) is 3.84. The second-order valence-electron chi connectivity index (χ2n) is 7.97. The fraction of sp³-hybridized carbons (Fsp3) is 0.280. The second-order valence-corrected chi connectivity index (χ2v) is 8.35. The summed E-state index contributed by atoms with van der Waals surface area (Å²) >= 11 is 5.37. The SMILES string of the molecule is CCOc1ccc(-c2n[nH]c(=S)n2CC(=O)NCc2c(C)nn(Cc3ccccc3)c2C)cc1. The van der Waals surface area contributed by atoms with Crippen LogP contribution in [0.5, 0.6) is 5.75 Å². The normalized spacial score (nSPS) is 10.9. The maximum Gasteiger partial charge on any atom is 0.240 e. The van der Waals surface area contributed by atoms with Gasteiger partial charge in [-0.05, 0) is 62.8 Å². The Kier molecular flexibility index (Phi) is 7.22. The average Bonchev–Trinajstić information content (AvgIpc) is 3.32. The van der Waals surface area contributed by atoms with Crippen LogP contribution in [0.1, 0.15) is 29.4 Å². The van der Waals surface area contributed by atoms with Gasteiger partial charge in [0.2, 0.25) is 5.91 Å². The molecule has 2 aromatic heterocycles. The van der Waals surface area contributed by atoms with Gasteiger partial charge in [-0.15, -0.1) is 0 Å². The Morgan fingerprint density at radius 2 is 1.85 bits per heavy atom. The molecule has 0 saturated carbocycles. The number of aryl methyl sites for hydroxylation is 1. The van der Waals surface area contributed by atoms with Crippen molar-refractivity contribution in [2.24, 2.45) is 0 Å². The Morgan fingerprint density at radius 3 is 2.56 bits per heavy atom. The van der Waals surface area contributed by atoms with Crippen molar-refractivity contribution in [1.29, 1.82) is 0 Å². The molecule has 0 atom stereocenters. The van der Waals surface area contributed by atoms with Crippen LogP contribution in [0, 0.1) is 18.6 Å². The first-order chi connectivity index (χ1) is 16.5. The molecule has 4 rings (SSSR count). The number of carbonyl (C=O) groups is 1. The molecule has 34 heavy (non-hydrogen) atoms. The lowest BCUT2D eigenvalue weighted by molar-refractivity contribution is -0.121. The highest BCUT2D eigenvalue weighted by molar-refractivity contribution is 7.71. The van der Waals surface area contributed by atoms with Gasteiger partial charge in [0.1, 0.15) is 12.3 Å². The zero-order chi connectivity index (χ0) is 24.1. The van der Waals surface area contributed by atoms with Crippen molar-refractivity contribution in [2.45, 2.75) is 40.4 Å². The van der Waals surface area contributed by atoms with E-state index in [-0.39, 0.29) is 12.5 Å². The molecule has 0 bridgehead atoms. The lowest BCUT2D eigenvalue weighted by Crippen LogP contribution is -2.28. The summed E-state index contributed by atoms with van der Waals surface area (Å²) in [6.45, 7) is 7.68. The number of benzene rings is 2. The lowest BCUT2D eigenvalue weighted by atomic mass is 10.2. The summed E-state index contributed by atoms with van der Waals surface area (Å²) in [4.78, 5) is 12.8. The van der Waals surface area contributed by atoms with Gasteiger partial charge in [-0.2, -0.15) is 10.2 Å². The minimum absolute atomic E-state index is 0.0636. The van der Waals surface area contributed by atoms with Crippen molar-refractivity contribution in [3.05, 3.63) is 81.9 Å². The molecule has 0 aliphatic heterocycles. The molecular formula is C25H28N6O2S. The van der Waals surface area contributed by atoms with Gasteiger partial charge in [0.05, 0.1) is 18.8 Å². The Balaban J connectivity index is 1.43. The predicted octanol–water partition coefficient (Wildman–Crippen LogP) is 4.18. The summed E-state index contributed by atoms with van der Waals surface area (Å²) < 4.78 is 9.56. The number of ether oxygens (including phenoxy) is 1. The number of nitrogens with zero attached hydrogens (tertiary/aromatic N) is 4. The van der Waals surface area contributed by atoms with E-state index < -0.39 is 0 Å². The summed E-state index contributed by atoms with van der Waals surface area (Å²) in [7, 11) is 0. The lowest BCUT2D eigenvalue weighted by Gasteiger charge is -2.10. The van der Waals surface area contributed by atoms with Crippen LogP contribution in [0.25, 0.3) is 11.4 Å². The predicted molar refractivity (Wildman–Crippen MR) is 133 cm³/mol. The molecule has 176 valence electrons. The van der Waals surface area contributed by atoms with Crippen molar-refractivity contribution >= 4 is 18.1 Å². The topological polar surface area (TPSA) is 89.8 Å². The minimum Gasteiger partial charge on any atom is -0.494 e. The molecule has 0 radical (unpaired) electrons. The molecule has 0 spiro atoms. The van der Waals surface area contributed by atoms with Crippen molar-refractivity contribution in [1.82, 2.24) is 29.9 Å². The second kappa shape index (κ2) is 10.5. The third-order valence-electron chi connectivity index (χ3n) is 5.65. The van der Waals surface area contributed by atoms with Crippen LogP contribution in [-0.4, -0.2) is 37.1 Å². The average molecular weight is 477 g/mol. The standard InChI is InChI=1S/C25H28N6O2S/c1-4-33-21-12-10-20(11-13-21)24-27-28-25(34)30(24)16-23(32)26-14-22-17(2)29-31(18(22)3)15-19-8-6-5-7-9-19/h5-13H,4,14-16H2,1-3H3,(H,26,32)(H,28,34). The van der Waals surface area contributed by atoms with Gasteiger partial charge in [-0.1, -0.05) is 30.3 Å². The maximum absolute atomic E-state index is 12.8. The van der Waals surface area contributed by atoms with Crippen molar-refractivity contribution in [3.63, 3.8) is 0 Å². The molecule has 8 nitrogen and oxygen atoms in total. The van der Waals surface area contributed by atoms with Crippen LogP contribution in [0.3, 0.4) is 0 Å². The van der Waals surface area contributed by atoms with E-state index in [0.29, 0.717) is 30.3 Å². The van der Waals surface area contributed by atoms with Crippen LogP contribution in [0.15, 0.2) is 54.6 Å². The first-order valence-electron chi connectivity index (χ1n) is 11.2. The highest BCUT2D eigenvalue weighted by atomic mass is 32.1. The first kappa shape index (κ1) is 23.4. The molecule has 0 fully saturated rings. The van der Waals surface area contributed by atoms with E-state index in [0.717, 1.165) is 28.3 Å². The molecule has 4 aromatic rings. The number of nitrogens with one attached hydrogen (secondary N) is 2. The fourth-order valence-corrected chi connectivity index (χ4v) is 4.03. The third kappa shape index (κ3) is 5.26. The van der Waals surface area contributed by atoms with Crippen LogP contribution >= 0.6 is 12.2 Å². The first-order valence-corrected chi connectivity index (χ1v) is 11.6. The smallest absolute Gasteiger partial charge is 0.240 e. The number of rotatable bonds is 9. The summed E-state index contributed by atoms with van der Waals surface area (Å²) in [5.41, 5.74) is 4.99. The van der Waals surface area contributed by atoms with Gasteiger partial charge < -0.3 is 10.1 Å². The maximum atomic E-state index is 12.8. The van der Waals surface area contributed by atoms with E-state index in [4.69, 9.17) is 17.0 Å². The largest absolute Gasteiger partial charge is 0.494 e. The summed E-state index contributed by atoms with van der Waals surface area (Å²) in [5.74, 6) is 1.23. The van der Waals surface area contributed by atoms with E-state index in [9.17, 15) is 4.79 Å². The summed E-state index contributed by atoms with van der Waals surface area (Å²) in [5, 5.41) is 14.8. The van der Waals surface area contributed by atoms with Gasteiger partial charge in [0, 0.05) is 23.4 Å². The van der Waals surface area contributed by atoms with Crippen molar-refractivity contribution < 1.29 is 9.53 Å². The van der Waals surface area contributed by atoms with Crippen LogP contribution in [0.2, 0.25) is 0 Å². The number of carbonyl (C=O) groups excluding carboxylic acids is 1. The van der Waals surface area contributed by atoms with E-state index in [1.807, 2.05) is 67.9 Å². The van der Waals surface area contributed by atoms with E-state index in [1.165, 1.54) is 5.56 Å². The number of amides is 1. The summed E-state index contributed by atoms with van der Waals surface area (Å²) in [6.07, 6.45) is 0. The Labute approximate surface area is 203 Å². The van der Waals surface area contributed by atoms with Gasteiger partial charge in [-0.25, -0.2) is 0 Å². The molecule has 0 aliphatic carbocycles. The molecule has 0 saturated heterocycles. The van der Waals surface area contributed by atoms with E-state index in [2.05, 4.69) is 32.7 Å². The minimum atomic E-state index is -0.153. The van der Waals surface area contributed by atoms with Gasteiger partial charge in [0.15, 0.2) is 10.6 Å². The molecule has 0 unspecified atom stereocenters. The molecule has 2 N–H and O–H groups in total. The van der Waals surface area contributed by atoms with Crippen molar-refractivity contribution in [2.75, 3.05) is 6.61 Å². The summed E-state index contributed by atoms with van der Waals surface area (Å²) in [6, 6.07) is 17.7. The Hall–Kier alpha value is -3.72. The highest BCUT2D eigenvalue weighted by Gasteiger charge is 2.15. The van der Waals surface area contributed by atoms with Crippen molar-refractivity contribution in [3.8, 4) is 17.1 Å². The number of aromatic amines is 1. The number of hydrogen-bond acceptors (Lipinski definition) is 5. The third-order valence-corrected chi connectivity index (χ3v) is 5.96.